The molecule has 0 radical (unpaired) electrons. The van der Waals surface area contributed by atoms with Crippen molar-refractivity contribution in [1.82, 2.24) is 0 Å². The predicted octanol–water partition coefficient (Wildman–Crippen LogP) is 3.14. The molecule has 0 amide bonds. The molecule has 0 aliphatic carbocycles. The summed E-state index contributed by atoms with van der Waals surface area (Å²) in [6.07, 6.45) is 1.48. The van der Waals surface area contributed by atoms with Crippen molar-refractivity contribution >= 4 is 46.2 Å². The van der Waals surface area contributed by atoms with E-state index >= 15 is 0 Å². The highest BCUT2D eigenvalue weighted by atomic mass is 127. The van der Waals surface area contributed by atoms with Gasteiger partial charge in [-0.3, -0.25) is 10.1 Å². The van der Waals surface area contributed by atoms with Gasteiger partial charge in [-0.05, 0) is 46.9 Å². The maximum atomic E-state index is 11.8. The van der Waals surface area contributed by atoms with E-state index in [2.05, 4.69) is 4.99 Å². The second-order valence-electron chi connectivity index (χ2n) is 4.28. The number of furan rings is 1. The first-order valence-electron chi connectivity index (χ1n) is 6.05. The molecule has 1 aromatic heterocycles. The molecule has 22 heavy (non-hydrogen) atoms. The van der Waals surface area contributed by atoms with Crippen LogP contribution in [0.15, 0.2) is 51.5 Å². The Morgan fingerprint density at radius 3 is 2.50 bits per heavy atom. The molecule has 0 unspecified atom stereocenters. The molecule has 2 heterocycles. The second-order valence-corrected chi connectivity index (χ2v) is 5.35. The molecule has 0 N–H and O–H groups in total. The Morgan fingerprint density at radius 2 is 1.91 bits per heavy atom. The van der Waals surface area contributed by atoms with Crippen molar-refractivity contribution in [2.24, 2.45) is 4.99 Å². The molecule has 8 heteroatoms. The molecule has 0 atom stereocenters. The number of ether oxygens (including phenoxy) is 1. The van der Waals surface area contributed by atoms with E-state index in [1.165, 1.54) is 30.3 Å². The quantitative estimate of drug-likeness (QED) is 0.255. The number of nitrogens with zero attached hydrogens (tertiary/aromatic N) is 2. The van der Waals surface area contributed by atoms with Crippen LogP contribution in [0.1, 0.15) is 11.3 Å². The molecule has 0 saturated carbocycles. The van der Waals surface area contributed by atoms with Gasteiger partial charge in [0, 0.05) is 23.8 Å². The van der Waals surface area contributed by atoms with Gasteiger partial charge in [-0.25, -0.2) is 9.79 Å². The Labute approximate surface area is 137 Å². The van der Waals surface area contributed by atoms with Gasteiger partial charge in [0.15, 0.2) is 9.46 Å². The number of benzene rings is 1. The number of nitro benzene ring substituents is 1. The molecule has 1 aliphatic rings. The topological polar surface area (TPSA) is 94.9 Å². The van der Waals surface area contributed by atoms with Crippen molar-refractivity contribution in [3.63, 3.8) is 0 Å². The first kappa shape index (κ1) is 14.4. The lowest BCUT2D eigenvalue weighted by atomic mass is 10.2. The average Bonchev–Trinajstić information content (AvgIpc) is 3.06. The van der Waals surface area contributed by atoms with Gasteiger partial charge in [0.25, 0.3) is 5.69 Å². The first-order valence-corrected chi connectivity index (χ1v) is 7.13. The molecule has 2 aromatic rings. The molecular formula is C14H7IN2O5. The lowest BCUT2D eigenvalue weighted by Gasteiger charge is -1.98. The number of nitro groups is 1. The summed E-state index contributed by atoms with van der Waals surface area (Å²) in [6.45, 7) is 0. The van der Waals surface area contributed by atoms with Gasteiger partial charge in [-0.2, -0.15) is 0 Å². The third-order valence-corrected chi connectivity index (χ3v) is 3.40. The first-order chi connectivity index (χ1) is 10.5. The summed E-state index contributed by atoms with van der Waals surface area (Å²) in [5, 5.41) is 10.6. The number of rotatable bonds is 3. The van der Waals surface area contributed by atoms with E-state index < -0.39 is 10.9 Å². The zero-order valence-electron chi connectivity index (χ0n) is 10.9. The number of carbonyl (C=O) groups is 1. The standard InChI is InChI=1S/C14H7IN2O5/c15-12-6-5-10(21-12)7-11-14(18)22-13(16-11)8-1-3-9(4-2-8)17(19)20/h1-7H/b11-7-. The number of hydrogen-bond acceptors (Lipinski definition) is 6. The molecule has 7 nitrogen and oxygen atoms in total. The van der Waals surface area contributed by atoms with E-state index in [9.17, 15) is 14.9 Å². The molecule has 1 aromatic carbocycles. The van der Waals surface area contributed by atoms with Crippen LogP contribution in [-0.4, -0.2) is 16.8 Å². The molecule has 0 saturated heterocycles. The molecule has 3 rings (SSSR count). The summed E-state index contributed by atoms with van der Waals surface area (Å²) in [5.41, 5.74) is 0.546. The van der Waals surface area contributed by atoms with Crippen molar-refractivity contribution in [2.45, 2.75) is 0 Å². The maximum absolute atomic E-state index is 11.8. The highest BCUT2D eigenvalue weighted by Gasteiger charge is 2.25. The van der Waals surface area contributed by atoms with Crippen molar-refractivity contribution in [3.05, 3.63) is 67.3 Å². The molecular weight excluding hydrogens is 403 g/mol. The Morgan fingerprint density at radius 1 is 1.18 bits per heavy atom. The van der Waals surface area contributed by atoms with Gasteiger partial charge >= 0.3 is 5.97 Å². The number of hydrogen-bond donors (Lipinski definition) is 0. The van der Waals surface area contributed by atoms with Gasteiger partial charge in [-0.15, -0.1) is 0 Å². The molecule has 110 valence electrons. The minimum absolute atomic E-state index is 0.0467. The Balaban J connectivity index is 1.89. The number of cyclic esters (lactones) is 1. The third-order valence-electron chi connectivity index (χ3n) is 2.82. The zero-order chi connectivity index (χ0) is 15.7. The maximum Gasteiger partial charge on any atom is 0.363 e. The highest BCUT2D eigenvalue weighted by molar-refractivity contribution is 14.1. The smallest absolute Gasteiger partial charge is 0.363 e. The van der Waals surface area contributed by atoms with Crippen molar-refractivity contribution in [1.29, 1.82) is 0 Å². The van der Waals surface area contributed by atoms with Gasteiger partial charge in [-0.1, -0.05) is 0 Å². The second kappa shape index (κ2) is 5.72. The van der Waals surface area contributed by atoms with Gasteiger partial charge in [0.2, 0.25) is 5.90 Å². The summed E-state index contributed by atoms with van der Waals surface area (Å²) in [5.74, 6) is -0.00258. The monoisotopic (exact) mass is 410 g/mol. The Bertz CT molecular complexity index is 820. The Kier molecular flexibility index (Phi) is 3.75. The van der Waals surface area contributed by atoms with Crippen LogP contribution in [0.5, 0.6) is 0 Å². The molecule has 0 spiro atoms. The van der Waals surface area contributed by atoms with Crippen LogP contribution in [0.4, 0.5) is 5.69 Å². The van der Waals surface area contributed by atoms with E-state index in [1.807, 2.05) is 22.6 Å². The lowest BCUT2D eigenvalue weighted by Crippen LogP contribution is -2.05. The average molecular weight is 410 g/mol. The Hall–Kier alpha value is -2.49. The highest BCUT2D eigenvalue weighted by Crippen LogP contribution is 2.21. The number of non-ortho nitro benzene ring substituents is 1. The van der Waals surface area contributed by atoms with Crippen LogP contribution in [0.25, 0.3) is 6.08 Å². The van der Waals surface area contributed by atoms with Gasteiger partial charge in [0.1, 0.15) is 5.76 Å². The van der Waals surface area contributed by atoms with Crippen LogP contribution in [0, 0.1) is 13.9 Å². The fraction of sp³-hybridized carbons (Fsp3) is 0. The van der Waals surface area contributed by atoms with Crippen molar-refractivity contribution < 1.29 is 18.9 Å². The SMILES string of the molecule is O=C1OC(c2ccc([N+](=O)[O-])cc2)=N/C1=C\c1ccc(I)o1. The zero-order valence-corrected chi connectivity index (χ0v) is 13.0. The van der Waals surface area contributed by atoms with Crippen LogP contribution in [-0.2, 0) is 9.53 Å². The minimum atomic E-state index is -0.597. The summed E-state index contributed by atoms with van der Waals surface area (Å²) >= 11 is 2.01. The minimum Gasteiger partial charge on any atom is -0.451 e. The van der Waals surface area contributed by atoms with Gasteiger partial charge in [0.05, 0.1) is 4.92 Å². The summed E-state index contributed by atoms with van der Waals surface area (Å²) in [6, 6.07) is 9.06. The van der Waals surface area contributed by atoms with Gasteiger partial charge < -0.3 is 9.15 Å². The number of esters is 1. The summed E-state index contributed by atoms with van der Waals surface area (Å²) in [7, 11) is 0. The number of aliphatic imine (C=N–C) groups is 1. The van der Waals surface area contributed by atoms with E-state index in [0.29, 0.717) is 15.1 Å². The van der Waals surface area contributed by atoms with Crippen LogP contribution in [0.3, 0.4) is 0 Å². The van der Waals surface area contributed by atoms with Crippen molar-refractivity contribution in [2.75, 3.05) is 0 Å². The molecule has 0 bridgehead atoms. The normalized spacial score (nSPS) is 15.8. The molecule has 1 aliphatic heterocycles. The van der Waals surface area contributed by atoms with Crippen LogP contribution in [0.2, 0.25) is 0 Å². The van der Waals surface area contributed by atoms with Crippen LogP contribution >= 0.6 is 22.6 Å². The van der Waals surface area contributed by atoms with Crippen LogP contribution < -0.4 is 0 Å². The summed E-state index contributed by atoms with van der Waals surface area (Å²) < 4.78 is 11.1. The summed E-state index contributed by atoms with van der Waals surface area (Å²) in [4.78, 5) is 26.0. The largest absolute Gasteiger partial charge is 0.451 e. The van der Waals surface area contributed by atoms with E-state index in [0.717, 1.165) is 0 Å². The number of carbonyl (C=O) groups excluding carboxylic acids is 1. The molecule has 0 fully saturated rings. The third kappa shape index (κ3) is 2.91. The van der Waals surface area contributed by atoms with E-state index in [4.69, 9.17) is 9.15 Å². The van der Waals surface area contributed by atoms with Crippen molar-refractivity contribution in [3.8, 4) is 0 Å². The fourth-order valence-corrected chi connectivity index (χ4v) is 2.23. The van der Waals surface area contributed by atoms with E-state index in [1.54, 1.807) is 12.1 Å². The lowest BCUT2D eigenvalue weighted by molar-refractivity contribution is -0.384. The number of halogens is 1. The predicted molar refractivity (Wildman–Crippen MR) is 85.1 cm³/mol. The van der Waals surface area contributed by atoms with E-state index in [-0.39, 0.29) is 17.3 Å². The fourth-order valence-electron chi connectivity index (χ4n) is 1.80.